The van der Waals surface area contributed by atoms with Crippen LogP contribution in [-0.2, 0) is 28.6 Å². The van der Waals surface area contributed by atoms with Crippen molar-refractivity contribution in [1.29, 1.82) is 0 Å². The molecule has 0 spiro atoms. The summed E-state index contributed by atoms with van der Waals surface area (Å²) in [5, 5.41) is 0. The van der Waals surface area contributed by atoms with Gasteiger partial charge in [0.25, 0.3) is 0 Å². The van der Waals surface area contributed by atoms with Crippen LogP contribution in [0.25, 0.3) is 16.8 Å². The molecule has 1 aliphatic heterocycles. The van der Waals surface area contributed by atoms with Crippen molar-refractivity contribution in [1.82, 2.24) is 4.98 Å². The Morgan fingerprint density at radius 1 is 0.680 bits per heavy atom. The van der Waals surface area contributed by atoms with Crippen LogP contribution in [0.15, 0.2) is 102 Å². The summed E-state index contributed by atoms with van der Waals surface area (Å²) in [6.07, 6.45) is 3.86. The minimum absolute atomic E-state index is 0.210. The Morgan fingerprint density at radius 3 is 1.86 bits per heavy atom. The van der Waals surface area contributed by atoms with E-state index in [0.717, 1.165) is 45.3 Å². The second-order valence-corrected chi connectivity index (χ2v) is 10.9. The Morgan fingerprint density at radius 2 is 1.28 bits per heavy atom. The maximum Gasteiger partial charge on any atom is 0.343 e. The van der Waals surface area contributed by atoms with Gasteiger partial charge >= 0.3 is 17.9 Å². The van der Waals surface area contributed by atoms with E-state index >= 15 is 0 Å². The van der Waals surface area contributed by atoms with Gasteiger partial charge < -0.3 is 38.3 Å². The van der Waals surface area contributed by atoms with E-state index in [4.69, 9.17) is 33.4 Å². The summed E-state index contributed by atoms with van der Waals surface area (Å²) in [7, 11) is 6.99. The van der Waals surface area contributed by atoms with E-state index in [0.29, 0.717) is 16.9 Å². The number of nitrogens with zero attached hydrogens (tertiary/aromatic N) is 2. The topological polar surface area (TPSA) is 138 Å². The summed E-state index contributed by atoms with van der Waals surface area (Å²) >= 11 is 0. The Bertz CT molecular complexity index is 1920. The summed E-state index contributed by atoms with van der Waals surface area (Å²) in [4.78, 5) is 46.9. The van der Waals surface area contributed by atoms with Gasteiger partial charge in [-0.05, 0) is 96.1 Å². The van der Waals surface area contributed by atoms with Gasteiger partial charge in [-0.3, -0.25) is 9.59 Å². The van der Waals surface area contributed by atoms with Crippen LogP contribution in [0.3, 0.4) is 0 Å². The molecule has 4 aromatic rings. The number of methoxy groups -OCH3 is 5. The number of hydrogen-bond acceptors (Lipinski definition) is 11. The van der Waals surface area contributed by atoms with E-state index in [-0.39, 0.29) is 18.8 Å². The molecular formula is C38H37N3O9. The first-order valence-corrected chi connectivity index (χ1v) is 15.5. The number of benzene rings is 3. The SMILES string of the molecule is COC(=O)COc1cc(/C(=C2\C=CC(c3ccc(OC)cc3)=N2)c2ccc(-c3ccc(OC)cc3)[nH]2)ccc1N(CC(=O)OC)CC(=O)OC. The van der Waals surface area contributed by atoms with Crippen molar-refractivity contribution in [3.05, 3.63) is 114 Å². The molecule has 0 fully saturated rings. The standard InChI is InChI=1S/C38H37N3O9/c1-45-27-11-6-24(7-12-27)29-15-17-31(39-29)38(32-18-16-30(40-32)25-8-13-28(46-2)14-9-25)26-10-19-33(34(20-26)50-23-37(44)49-5)41(21-35(42)47-3)22-36(43)48-4/h6-20,39H,21-23H2,1-5H3/b38-32-. The molecule has 0 aliphatic carbocycles. The van der Waals surface area contributed by atoms with Crippen LogP contribution in [0.2, 0.25) is 0 Å². The number of ether oxygens (including phenoxy) is 6. The molecule has 258 valence electrons. The molecule has 0 unspecified atom stereocenters. The van der Waals surface area contributed by atoms with Gasteiger partial charge in [-0.25, -0.2) is 9.79 Å². The molecule has 5 rings (SSSR count). The number of hydrogen-bond donors (Lipinski definition) is 1. The van der Waals surface area contributed by atoms with Crippen molar-refractivity contribution in [2.75, 3.05) is 60.1 Å². The largest absolute Gasteiger partial charge is 0.497 e. The molecule has 1 aliphatic rings. The first-order valence-electron chi connectivity index (χ1n) is 15.5. The lowest BCUT2D eigenvalue weighted by Crippen LogP contribution is -2.36. The van der Waals surface area contributed by atoms with Crippen molar-refractivity contribution >= 4 is 34.9 Å². The number of rotatable bonds is 14. The maximum absolute atomic E-state index is 12.4. The lowest BCUT2D eigenvalue weighted by molar-refractivity contribution is -0.143. The number of allylic oxidation sites excluding steroid dienone is 2. The van der Waals surface area contributed by atoms with Gasteiger partial charge in [0.15, 0.2) is 6.61 Å². The van der Waals surface area contributed by atoms with Gasteiger partial charge in [0, 0.05) is 22.5 Å². The number of anilines is 1. The molecule has 3 aromatic carbocycles. The number of aliphatic imine (C=N–C) groups is 1. The van der Waals surface area contributed by atoms with Crippen LogP contribution < -0.4 is 19.1 Å². The van der Waals surface area contributed by atoms with Gasteiger partial charge in [-0.2, -0.15) is 0 Å². The minimum Gasteiger partial charge on any atom is -0.497 e. The van der Waals surface area contributed by atoms with Crippen molar-refractivity contribution in [3.63, 3.8) is 0 Å². The highest BCUT2D eigenvalue weighted by Gasteiger charge is 2.24. The van der Waals surface area contributed by atoms with Crippen LogP contribution in [0, 0.1) is 0 Å². The number of carbonyl (C=O) groups is 3. The van der Waals surface area contributed by atoms with Gasteiger partial charge in [0.05, 0.1) is 52.6 Å². The van der Waals surface area contributed by atoms with Gasteiger partial charge in [0.1, 0.15) is 30.3 Å². The Labute approximate surface area is 289 Å². The molecular weight excluding hydrogens is 642 g/mol. The molecule has 1 N–H and O–H groups in total. The average molecular weight is 680 g/mol. The van der Waals surface area contributed by atoms with Crippen molar-refractivity contribution in [3.8, 4) is 28.5 Å². The Hall–Kier alpha value is -6.30. The second-order valence-electron chi connectivity index (χ2n) is 10.9. The monoisotopic (exact) mass is 679 g/mol. The summed E-state index contributed by atoms with van der Waals surface area (Å²) in [5.41, 5.74) is 6.64. The first-order chi connectivity index (χ1) is 24.3. The van der Waals surface area contributed by atoms with E-state index in [2.05, 4.69) is 4.98 Å². The summed E-state index contributed by atoms with van der Waals surface area (Å²) in [6.45, 7) is -0.992. The zero-order valence-corrected chi connectivity index (χ0v) is 28.4. The molecule has 12 heteroatoms. The third kappa shape index (κ3) is 8.21. The summed E-state index contributed by atoms with van der Waals surface area (Å²) < 4.78 is 31.2. The van der Waals surface area contributed by atoms with E-state index < -0.39 is 24.5 Å². The van der Waals surface area contributed by atoms with Crippen molar-refractivity contribution in [2.24, 2.45) is 4.99 Å². The normalized spacial score (nSPS) is 12.9. The molecule has 1 aromatic heterocycles. The molecule has 2 heterocycles. The van der Waals surface area contributed by atoms with Crippen LogP contribution in [0.5, 0.6) is 17.2 Å². The lowest BCUT2D eigenvalue weighted by atomic mass is 9.99. The van der Waals surface area contributed by atoms with Crippen molar-refractivity contribution < 1.29 is 42.8 Å². The summed E-state index contributed by atoms with van der Waals surface area (Å²) in [5.74, 6) is -0.108. The predicted octanol–water partition coefficient (Wildman–Crippen LogP) is 5.22. The fraction of sp³-hybridized carbons (Fsp3) is 0.211. The first kappa shape index (κ1) is 35.0. The Kier molecular flexibility index (Phi) is 11.3. The molecule has 12 nitrogen and oxygen atoms in total. The lowest BCUT2D eigenvalue weighted by Gasteiger charge is -2.25. The van der Waals surface area contributed by atoms with Crippen LogP contribution in [0.4, 0.5) is 5.69 Å². The number of nitrogens with one attached hydrogen (secondary N) is 1. The quantitative estimate of drug-likeness (QED) is 0.139. The van der Waals surface area contributed by atoms with Crippen LogP contribution in [0.1, 0.15) is 16.8 Å². The number of aromatic amines is 1. The van der Waals surface area contributed by atoms with E-state index in [1.165, 1.54) is 26.2 Å². The zero-order valence-electron chi connectivity index (χ0n) is 28.4. The van der Waals surface area contributed by atoms with E-state index in [1.54, 1.807) is 26.4 Å². The average Bonchev–Trinajstić information content (AvgIpc) is 3.85. The second kappa shape index (κ2) is 16.2. The van der Waals surface area contributed by atoms with Crippen LogP contribution in [-0.4, -0.2) is 83.8 Å². The fourth-order valence-corrected chi connectivity index (χ4v) is 5.25. The summed E-state index contributed by atoms with van der Waals surface area (Å²) in [6, 6.07) is 24.5. The highest BCUT2D eigenvalue weighted by molar-refractivity contribution is 6.12. The Balaban J connectivity index is 1.66. The molecule has 0 bridgehead atoms. The predicted molar refractivity (Wildman–Crippen MR) is 188 cm³/mol. The minimum atomic E-state index is -0.617. The van der Waals surface area contributed by atoms with Gasteiger partial charge in [0.2, 0.25) is 0 Å². The number of esters is 3. The molecule has 0 amide bonds. The molecule has 50 heavy (non-hydrogen) atoms. The van der Waals surface area contributed by atoms with Crippen molar-refractivity contribution in [2.45, 2.75) is 0 Å². The molecule has 0 saturated carbocycles. The third-order valence-corrected chi connectivity index (χ3v) is 7.90. The smallest absolute Gasteiger partial charge is 0.343 e. The number of carbonyl (C=O) groups excluding carboxylic acids is 3. The molecule has 0 radical (unpaired) electrons. The molecule has 0 saturated heterocycles. The molecule has 0 atom stereocenters. The van der Waals surface area contributed by atoms with E-state index in [9.17, 15) is 14.4 Å². The number of aromatic nitrogens is 1. The highest BCUT2D eigenvalue weighted by Crippen LogP contribution is 2.38. The zero-order chi connectivity index (χ0) is 35.6. The van der Waals surface area contributed by atoms with Gasteiger partial charge in [-0.1, -0.05) is 6.07 Å². The van der Waals surface area contributed by atoms with E-state index in [1.807, 2.05) is 78.9 Å². The maximum atomic E-state index is 12.4. The third-order valence-electron chi connectivity index (χ3n) is 7.90. The number of H-pyrrole nitrogens is 1. The fourth-order valence-electron chi connectivity index (χ4n) is 5.25. The van der Waals surface area contributed by atoms with Gasteiger partial charge in [-0.15, -0.1) is 0 Å². The van der Waals surface area contributed by atoms with Crippen LogP contribution >= 0.6 is 0 Å². The highest BCUT2D eigenvalue weighted by atomic mass is 16.6.